The van der Waals surface area contributed by atoms with Crippen molar-refractivity contribution in [2.45, 2.75) is 6.61 Å². The first-order valence-electron chi connectivity index (χ1n) is 8.71. The normalized spacial score (nSPS) is 10.2. The van der Waals surface area contributed by atoms with Crippen molar-refractivity contribution in [2.24, 2.45) is 0 Å². The van der Waals surface area contributed by atoms with Gasteiger partial charge >= 0.3 is 5.97 Å². The van der Waals surface area contributed by atoms with Gasteiger partial charge in [0.15, 0.2) is 16.5 Å². The molecule has 0 aliphatic rings. The summed E-state index contributed by atoms with van der Waals surface area (Å²) in [5.74, 6) is 0.638. The molecule has 1 heterocycles. The molecule has 0 radical (unpaired) electrons. The molecule has 2 aromatic carbocycles. The van der Waals surface area contributed by atoms with Crippen molar-refractivity contribution >= 4 is 28.9 Å². The largest absolute Gasteiger partial charge is 0.497 e. The van der Waals surface area contributed by atoms with E-state index < -0.39 is 11.9 Å². The summed E-state index contributed by atoms with van der Waals surface area (Å²) in [6.45, 7) is -0.110. The summed E-state index contributed by atoms with van der Waals surface area (Å²) in [5, 5.41) is 11.0. The number of ether oxygens (including phenoxy) is 4. The smallest absolute Gasteiger partial charge is 0.338 e. The fraction of sp³-hybridized carbons (Fsp3) is 0.200. The van der Waals surface area contributed by atoms with Crippen molar-refractivity contribution in [3.05, 3.63) is 58.0 Å². The first-order valence-corrected chi connectivity index (χ1v) is 9.52. The van der Waals surface area contributed by atoms with Gasteiger partial charge < -0.3 is 24.3 Å². The number of esters is 1. The molecule has 3 aromatic rings. The van der Waals surface area contributed by atoms with Gasteiger partial charge in [-0.2, -0.15) is 0 Å². The Morgan fingerprint density at radius 1 is 0.933 bits per heavy atom. The van der Waals surface area contributed by atoms with Crippen LogP contribution in [0.5, 0.6) is 17.2 Å². The van der Waals surface area contributed by atoms with Gasteiger partial charge in [0.25, 0.3) is 5.91 Å². The molecular weight excluding hydrogens is 410 g/mol. The summed E-state index contributed by atoms with van der Waals surface area (Å²) in [6, 6.07) is 11.6. The van der Waals surface area contributed by atoms with Crippen molar-refractivity contribution in [3.8, 4) is 17.2 Å². The molecule has 0 unspecified atom stereocenters. The average molecular weight is 429 g/mol. The van der Waals surface area contributed by atoms with Crippen molar-refractivity contribution in [1.29, 1.82) is 0 Å². The summed E-state index contributed by atoms with van der Waals surface area (Å²) >= 11 is 1.04. The molecule has 156 valence electrons. The van der Waals surface area contributed by atoms with Crippen molar-refractivity contribution < 1.29 is 28.5 Å². The fourth-order valence-corrected chi connectivity index (χ4v) is 3.08. The van der Waals surface area contributed by atoms with Gasteiger partial charge in [0.1, 0.15) is 12.4 Å². The average Bonchev–Trinajstić information content (AvgIpc) is 3.26. The number of aromatic nitrogens is 2. The van der Waals surface area contributed by atoms with E-state index in [0.717, 1.165) is 11.3 Å². The molecule has 0 aliphatic carbocycles. The Morgan fingerprint density at radius 2 is 1.67 bits per heavy atom. The molecule has 30 heavy (non-hydrogen) atoms. The van der Waals surface area contributed by atoms with Gasteiger partial charge in [-0.25, -0.2) is 4.79 Å². The summed E-state index contributed by atoms with van der Waals surface area (Å²) < 4.78 is 20.6. The Bertz CT molecular complexity index is 1040. The highest BCUT2D eigenvalue weighted by Gasteiger charge is 2.16. The highest BCUT2D eigenvalue weighted by Crippen LogP contribution is 2.28. The van der Waals surface area contributed by atoms with Gasteiger partial charge in [0.05, 0.1) is 26.9 Å². The molecular formula is C20H19N3O6S. The number of rotatable bonds is 8. The Labute approximate surface area is 176 Å². The number of methoxy groups -OCH3 is 3. The number of amides is 1. The lowest BCUT2D eigenvalue weighted by Crippen LogP contribution is -2.11. The molecule has 3 rings (SSSR count). The molecule has 10 heteroatoms. The van der Waals surface area contributed by atoms with Crippen LogP contribution in [0.25, 0.3) is 0 Å². The van der Waals surface area contributed by atoms with E-state index in [-0.39, 0.29) is 11.6 Å². The molecule has 0 bridgehead atoms. The van der Waals surface area contributed by atoms with Crippen molar-refractivity contribution in [1.82, 2.24) is 10.2 Å². The van der Waals surface area contributed by atoms with Gasteiger partial charge in [0, 0.05) is 5.69 Å². The molecule has 1 amide bonds. The van der Waals surface area contributed by atoms with Crippen LogP contribution in [-0.4, -0.2) is 43.4 Å². The maximum absolute atomic E-state index is 12.3. The zero-order chi connectivity index (χ0) is 21.5. The number of hydrogen-bond donors (Lipinski definition) is 1. The number of anilines is 1. The third-order valence-corrected chi connectivity index (χ3v) is 4.85. The number of hydrogen-bond acceptors (Lipinski definition) is 9. The highest BCUT2D eigenvalue weighted by atomic mass is 32.1. The minimum atomic E-state index is -0.560. The quantitative estimate of drug-likeness (QED) is 0.544. The molecule has 0 saturated heterocycles. The Balaban J connectivity index is 1.58. The van der Waals surface area contributed by atoms with Crippen LogP contribution in [0, 0.1) is 0 Å². The standard InChI is InChI=1S/C20H19N3O6S/c1-26-14-7-5-13(6-8-14)21-18(24)19-23-22-17(30-19)11-29-20(25)12-4-9-15(27-2)16(10-12)28-3/h4-10H,11H2,1-3H3,(H,21,24). The first kappa shape index (κ1) is 21.1. The van der Waals surface area contributed by atoms with E-state index in [9.17, 15) is 9.59 Å². The number of benzene rings is 2. The minimum absolute atomic E-state index is 0.110. The maximum atomic E-state index is 12.3. The monoisotopic (exact) mass is 429 g/mol. The van der Waals surface area contributed by atoms with Gasteiger partial charge in [-0.05, 0) is 42.5 Å². The molecule has 0 fully saturated rings. The zero-order valence-electron chi connectivity index (χ0n) is 16.5. The molecule has 0 saturated carbocycles. The molecule has 0 aliphatic heterocycles. The Hall–Kier alpha value is -3.66. The van der Waals surface area contributed by atoms with Gasteiger partial charge in [0.2, 0.25) is 5.01 Å². The predicted molar refractivity (Wildman–Crippen MR) is 110 cm³/mol. The summed E-state index contributed by atoms with van der Waals surface area (Å²) in [6.07, 6.45) is 0. The lowest BCUT2D eigenvalue weighted by molar-refractivity contribution is 0.0471. The molecule has 1 N–H and O–H groups in total. The Kier molecular flexibility index (Phi) is 6.81. The van der Waals surface area contributed by atoms with Crippen LogP contribution in [0.2, 0.25) is 0 Å². The third-order valence-electron chi connectivity index (χ3n) is 3.95. The van der Waals surface area contributed by atoms with Crippen LogP contribution in [0.15, 0.2) is 42.5 Å². The first-order chi connectivity index (χ1) is 14.5. The topological polar surface area (TPSA) is 109 Å². The van der Waals surface area contributed by atoms with Crippen LogP contribution < -0.4 is 19.5 Å². The van der Waals surface area contributed by atoms with E-state index in [2.05, 4.69) is 15.5 Å². The minimum Gasteiger partial charge on any atom is -0.497 e. The molecule has 1 aromatic heterocycles. The maximum Gasteiger partial charge on any atom is 0.338 e. The van der Waals surface area contributed by atoms with Gasteiger partial charge in [-0.3, -0.25) is 4.79 Å². The lowest BCUT2D eigenvalue weighted by atomic mass is 10.2. The molecule has 0 atom stereocenters. The van der Waals surface area contributed by atoms with E-state index in [4.69, 9.17) is 18.9 Å². The third kappa shape index (κ3) is 5.03. The van der Waals surface area contributed by atoms with E-state index in [0.29, 0.717) is 33.5 Å². The second-order valence-corrected chi connectivity index (χ2v) is 6.89. The van der Waals surface area contributed by atoms with E-state index in [1.165, 1.54) is 20.3 Å². The second kappa shape index (κ2) is 9.70. The van der Waals surface area contributed by atoms with Gasteiger partial charge in [-0.1, -0.05) is 11.3 Å². The number of carbonyl (C=O) groups is 2. The summed E-state index contributed by atoms with van der Waals surface area (Å²) in [7, 11) is 4.55. The number of nitrogens with one attached hydrogen (secondary N) is 1. The SMILES string of the molecule is COc1ccc(NC(=O)c2nnc(COC(=O)c3ccc(OC)c(OC)c3)s2)cc1. The van der Waals surface area contributed by atoms with Crippen molar-refractivity contribution in [2.75, 3.05) is 26.6 Å². The highest BCUT2D eigenvalue weighted by molar-refractivity contribution is 7.13. The predicted octanol–water partition coefficient (Wildman–Crippen LogP) is 3.17. The van der Waals surface area contributed by atoms with E-state index in [1.807, 2.05) is 0 Å². The van der Waals surface area contributed by atoms with Gasteiger partial charge in [-0.15, -0.1) is 10.2 Å². The molecule has 9 nitrogen and oxygen atoms in total. The summed E-state index contributed by atoms with van der Waals surface area (Å²) in [4.78, 5) is 24.6. The zero-order valence-corrected chi connectivity index (χ0v) is 17.3. The van der Waals surface area contributed by atoms with Crippen LogP contribution in [0.1, 0.15) is 25.2 Å². The van der Waals surface area contributed by atoms with E-state index >= 15 is 0 Å². The number of carbonyl (C=O) groups excluding carboxylic acids is 2. The second-order valence-electron chi connectivity index (χ2n) is 5.83. The van der Waals surface area contributed by atoms with Crippen LogP contribution in [-0.2, 0) is 11.3 Å². The Morgan fingerprint density at radius 3 is 2.33 bits per heavy atom. The van der Waals surface area contributed by atoms with Crippen LogP contribution in [0.4, 0.5) is 5.69 Å². The van der Waals surface area contributed by atoms with E-state index in [1.54, 1.807) is 43.5 Å². The fourth-order valence-electron chi connectivity index (χ4n) is 2.44. The van der Waals surface area contributed by atoms with Crippen molar-refractivity contribution in [3.63, 3.8) is 0 Å². The van der Waals surface area contributed by atoms with Crippen LogP contribution >= 0.6 is 11.3 Å². The molecule has 0 spiro atoms. The summed E-state index contributed by atoms with van der Waals surface area (Å²) in [5.41, 5.74) is 0.895. The lowest BCUT2D eigenvalue weighted by Gasteiger charge is -2.09. The number of nitrogens with zero attached hydrogens (tertiary/aromatic N) is 2. The van der Waals surface area contributed by atoms with Crippen LogP contribution in [0.3, 0.4) is 0 Å².